The van der Waals surface area contributed by atoms with Crippen molar-refractivity contribution in [3.05, 3.63) is 54.0 Å². The highest BCUT2D eigenvalue weighted by atomic mass is 32.2. The van der Waals surface area contributed by atoms with Crippen molar-refractivity contribution < 1.29 is 27.2 Å². The van der Waals surface area contributed by atoms with Crippen molar-refractivity contribution in [1.82, 2.24) is 4.72 Å². The highest BCUT2D eigenvalue weighted by Crippen LogP contribution is 2.13. The Balaban J connectivity index is 2.32. The maximum Gasteiger partial charge on any atom is 0.332 e. The van der Waals surface area contributed by atoms with Crippen molar-refractivity contribution in [2.75, 3.05) is 6.61 Å². The highest BCUT2D eigenvalue weighted by molar-refractivity contribution is 7.89. The molecular formula is C16H17NO6S. The van der Waals surface area contributed by atoms with Crippen LogP contribution < -0.4 is 4.72 Å². The van der Waals surface area contributed by atoms with Crippen LogP contribution in [0.15, 0.2) is 52.0 Å². The van der Waals surface area contributed by atoms with Gasteiger partial charge in [0.05, 0.1) is 17.8 Å². The Bertz CT molecular complexity index is 809. The van der Waals surface area contributed by atoms with E-state index in [1.54, 1.807) is 19.1 Å². The van der Waals surface area contributed by atoms with Gasteiger partial charge in [-0.15, -0.1) is 0 Å². The van der Waals surface area contributed by atoms with Gasteiger partial charge in [0.25, 0.3) is 0 Å². The number of aryl methyl sites for hydroxylation is 1. The first-order valence-corrected chi connectivity index (χ1v) is 8.67. The van der Waals surface area contributed by atoms with E-state index < -0.39 is 27.8 Å². The van der Waals surface area contributed by atoms with Crippen LogP contribution in [-0.4, -0.2) is 32.8 Å². The van der Waals surface area contributed by atoms with Crippen LogP contribution in [0.2, 0.25) is 0 Å². The van der Waals surface area contributed by atoms with Crippen molar-refractivity contribution in [2.45, 2.75) is 24.8 Å². The summed E-state index contributed by atoms with van der Waals surface area (Å²) in [5.74, 6) is -1.96. The number of ether oxygens (including phenoxy) is 1. The van der Waals surface area contributed by atoms with E-state index in [0.29, 0.717) is 0 Å². The number of esters is 1. The average molecular weight is 351 g/mol. The van der Waals surface area contributed by atoms with Crippen LogP contribution in [0.3, 0.4) is 0 Å². The second-order valence-electron chi connectivity index (χ2n) is 4.96. The second-order valence-corrected chi connectivity index (χ2v) is 6.67. The molecule has 0 aliphatic rings. The number of nitrogens with one attached hydrogen (secondary N) is 1. The summed E-state index contributed by atoms with van der Waals surface area (Å²) in [6.45, 7) is 3.37. The van der Waals surface area contributed by atoms with E-state index in [1.807, 2.05) is 6.92 Å². The molecule has 1 unspecified atom stereocenters. The zero-order valence-corrected chi connectivity index (χ0v) is 14.0. The maximum absolute atomic E-state index is 12.4. The predicted molar refractivity (Wildman–Crippen MR) is 85.0 cm³/mol. The Morgan fingerprint density at radius 1 is 1.21 bits per heavy atom. The van der Waals surface area contributed by atoms with Gasteiger partial charge in [0.15, 0.2) is 11.8 Å². The fraction of sp³-hybridized carbons (Fsp3) is 0.250. The lowest BCUT2D eigenvalue weighted by molar-refractivity contribution is -0.143. The number of carbonyl (C=O) groups excluding carboxylic acids is 2. The Morgan fingerprint density at radius 3 is 2.42 bits per heavy atom. The minimum Gasteiger partial charge on any atom is -0.464 e. The number of rotatable bonds is 7. The van der Waals surface area contributed by atoms with Crippen LogP contribution in [-0.2, 0) is 19.6 Å². The van der Waals surface area contributed by atoms with Gasteiger partial charge in [0.1, 0.15) is 0 Å². The number of hydrogen-bond acceptors (Lipinski definition) is 6. The molecule has 128 valence electrons. The van der Waals surface area contributed by atoms with Gasteiger partial charge >= 0.3 is 5.97 Å². The Morgan fingerprint density at radius 2 is 1.88 bits per heavy atom. The molecule has 24 heavy (non-hydrogen) atoms. The van der Waals surface area contributed by atoms with E-state index in [9.17, 15) is 18.0 Å². The monoisotopic (exact) mass is 351 g/mol. The third kappa shape index (κ3) is 4.09. The molecule has 1 heterocycles. The van der Waals surface area contributed by atoms with Crippen molar-refractivity contribution >= 4 is 21.8 Å². The lowest BCUT2D eigenvalue weighted by Gasteiger charge is -2.15. The molecule has 8 heteroatoms. The van der Waals surface area contributed by atoms with Gasteiger partial charge in [-0.1, -0.05) is 17.7 Å². The van der Waals surface area contributed by atoms with Crippen LogP contribution in [0.25, 0.3) is 0 Å². The van der Waals surface area contributed by atoms with Crippen LogP contribution in [0, 0.1) is 6.92 Å². The molecule has 0 aliphatic carbocycles. The summed E-state index contributed by atoms with van der Waals surface area (Å²) in [6, 6.07) is 7.08. The predicted octanol–water partition coefficient (Wildman–Crippen LogP) is 1.68. The SMILES string of the molecule is CCOC(=O)C(NS(=O)(=O)c1ccc(C)cc1)C(=O)c1ccco1. The van der Waals surface area contributed by atoms with Crippen LogP contribution in [0.5, 0.6) is 0 Å². The maximum atomic E-state index is 12.4. The fourth-order valence-electron chi connectivity index (χ4n) is 1.94. The molecule has 0 saturated heterocycles. The van der Waals surface area contributed by atoms with E-state index >= 15 is 0 Å². The number of Topliss-reactive ketones (excluding diaryl/α,β-unsaturated/α-hetero) is 1. The molecule has 2 rings (SSSR count). The lowest BCUT2D eigenvalue weighted by Crippen LogP contribution is -2.47. The quantitative estimate of drug-likeness (QED) is 0.462. The number of sulfonamides is 1. The molecule has 1 aromatic carbocycles. The van der Waals surface area contributed by atoms with E-state index in [4.69, 9.17) is 9.15 Å². The first kappa shape index (κ1) is 17.9. The van der Waals surface area contributed by atoms with Crippen LogP contribution >= 0.6 is 0 Å². The Labute approximate surface area is 139 Å². The fourth-order valence-corrected chi connectivity index (χ4v) is 3.08. The second kappa shape index (κ2) is 7.41. The highest BCUT2D eigenvalue weighted by Gasteiger charge is 2.35. The summed E-state index contributed by atoms with van der Waals surface area (Å²) in [6.07, 6.45) is 1.25. The molecule has 0 fully saturated rings. The molecule has 2 aromatic rings. The molecule has 1 N–H and O–H groups in total. The van der Waals surface area contributed by atoms with Crippen molar-refractivity contribution in [3.63, 3.8) is 0 Å². The largest absolute Gasteiger partial charge is 0.464 e. The van der Waals surface area contributed by atoms with Gasteiger partial charge in [-0.05, 0) is 38.1 Å². The zero-order chi connectivity index (χ0) is 17.7. The number of benzene rings is 1. The summed E-state index contributed by atoms with van der Waals surface area (Å²) in [7, 11) is -4.09. The summed E-state index contributed by atoms with van der Waals surface area (Å²) in [4.78, 5) is 24.3. The Kier molecular flexibility index (Phi) is 5.53. The normalized spacial score (nSPS) is 12.6. The van der Waals surface area contributed by atoms with Gasteiger partial charge in [0.2, 0.25) is 15.8 Å². The first-order valence-electron chi connectivity index (χ1n) is 7.18. The molecule has 0 spiro atoms. The zero-order valence-electron chi connectivity index (χ0n) is 13.2. The Hall–Kier alpha value is -2.45. The summed E-state index contributed by atoms with van der Waals surface area (Å²) in [5.41, 5.74) is 0.877. The van der Waals surface area contributed by atoms with Gasteiger partial charge in [0, 0.05) is 0 Å². The molecule has 0 radical (unpaired) electrons. The van der Waals surface area contributed by atoms with Gasteiger partial charge in [-0.3, -0.25) is 4.79 Å². The third-order valence-electron chi connectivity index (χ3n) is 3.15. The van der Waals surface area contributed by atoms with E-state index in [-0.39, 0.29) is 17.3 Å². The number of carbonyl (C=O) groups is 2. The lowest BCUT2D eigenvalue weighted by atomic mass is 10.1. The smallest absolute Gasteiger partial charge is 0.332 e. The van der Waals surface area contributed by atoms with Crippen LogP contribution in [0.4, 0.5) is 0 Å². The third-order valence-corrected chi connectivity index (χ3v) is 4.59. The molecule has 0 bridgehead atoms. The molecular weight excluding hydrogens is 334 g/mol. The standard InChI is InChI=1S/C16H17NO6S/c1-3-22-16(19)14(15(18)13-5-4-10-23-13)17-24(20,21)12-8-6-11(2)7-9-12/h4-10,14,17H,3H2,1-2H3. The van der Waals surface area contributed by atoms with Gasteiger partial charge in [-0.2, -0.15) is 4.72 Å². The van der Waals surface area contributed by atoms with Gasteiger partial charge < -0.3 is 9.15 Å². The molecule has 0 aliphatic heterocycles. The van der Waals surface area contributed by atoms with Crippen molar-refractivity contribution in [3.8, 4) is 0 Å². The van der Waals surface area contributed by atoms with Gasteiger partial charge in [-0.25, -0.2) is 13.2 Å². The summed E-state index contributed by atoms with van der Waals surface area (Å²) < 4.78 is 36.7. The average Bonchev–Trinajstić information content (AvgIpc) is 3.07. The first-order chi connectivity index (χ1) is 11.3. The molecule has 7 nitrogen and oxygen atoms in total. The van der Waals surface area contributed by atoms with E-state index in [2.05, 4.69) is 4.72 Å². The van der Waals surface area contributed by atoms with E-state index in [1.165, 1.54) is 30.5 Å². The number of ketones is 1. The number of hydrogen-bond donors (Lipinski definition) is 1. The number of furan rings is 1. The van der Waals surface area contributed by atoms with Crippen molar-refractivity contribution in [1.29, 1.82) is 0 Å². The molecule has 0 amide bonds. The molecule has 0 saturated carbocycles. The topological polar surface area (TPSA) is 103 Å². The molecule has 1 atom stereocenters. The minimum atomic E-state index is -4.09. The molecule has 1 aromatic heterocycles. The summed E-state index contributed by atoms with van der Waals surface area (Å²) >= 11 is 0. The van der Waals surface area contributed by atoms with Crippen molar-refractivity contribution in [2.24, 2.45) is 0 Å². The summed E-state index contributed by atoms with van der Waals surface area (Å²) in [5, 5.41) is 0. The minimum absolute atomic E-state index is 0.00697. The van der Waals surface area contributed by atoms with Crippen LogP contribution in [0.1, 0.15) is 23.0 Å². The van der Waals surface area contributed by atoms with E-state index in [0.717, 1.165) is 5.56 Å².